The first-order chi connectivity index (χ1) is 6.66. The second kappa shape index (κ2) is 5.15. The van der Waals surface area contributed by atoms with E-state index >= 15 is 0 Å². The van der Waals surface area contributed by atoms with Gasteiger partial charge in [-0.15, -0.1) is 0 Å². The van der Waals surface area contributed by atoms with Crippen LogP contribution in [-0.4, -0.2) is 12.6 Å². The van der Waals surface area contributed by atoms with Gasteiger partial charge in [0.2, 0.25) is 0 Å². The third kappa shape index (κ3) is 2.58. The molecule has 0 amide bonds. The van der Waals surface area contributed by atoms with Gasteiger partial charge >= 0.3 is 5.97 Å². The Morgan fingerprint density at radius 3 is 2.86 bits per heavy atom. The maximum Gasteiger partial charge on any atom is 0.338 e. The standard InChI is InChI=1S/C11H13BrO2/c1-3-7-14-11(13)9-5-4-6-10(12)8(9)2/h4-6H,3,7H2,1-2H3. The van der Waals surface area contributed by atoms with Crippen LogP contribution in [0.3, 0.4) is 0 Å². The number of hydrogen-bond donors (Lipinski definition) is 0. The van der Waals surface area contributed by atoms with E-state index < -0.39 is 0 Å². The fraction of sp³-hybridized carbons (Fsp3) is 0.364. The van der Waals surface area contributed by atoms with Crippen LogP contribution in [0.25, 0.3) is 0 Å². The lowest BCUT2D eigenvalue weighted by Gasteiger charge is -2.06. The minimum atomic E-state index is -0.245. The predicted octanol–water partition coefficient (Wildman–Crippen LogP) is 3.32. The Labute approximate surface area is 92.4 Å². The number of benzene rings is 1. The zero-order chi connectivity index (χ0) is 10.6. The first kappa shape index (κ1) is 11.2. The smallest absolute Gasteiger partial charge is 0.338 e. The van der Waals surface area contributed by atoms with Crippen LogP contribution in [0.1, 0.15) is 29.3 Å². The number of carbonyl (C=O) groups excluding carboxylic acids is 1. The molecule has 14 heavy (non-hydrogen) atoms. The Kier molecular flexibility index (Phi) is 4.14. The van der Waals surface area contributed by atoms with Gasteiger partial charge in [-0.2, -0.15) is 0 Å². The molecule has 0 radical (unpaired) electrons. The van der Waals surface area contributed by atoms with Gasteiger partial charge in [-0.25, -0.2) is 4.79 Å². The molecule has 0 fully saturated rings. The molecule has 0 aliphatic rings. The van der Waals surface area contributed by atoms with Crippen LogP contribution in [0.4, 0.5) is 0 Å². The molecular formula is C11H13BrO2. The van der Waals surface area contributed by atoms with Crippen molar-refractivity contribution in [3.63, 3.8) is 0 Å². The van der Waals surface area contributed by atoms with E-state index in [1.165, 1.54) is 0 Å². The second-order valence-corrected chi connectivity index (χ2v) is 3.90. The van der Waals surface area contributed by atoms with Gasteiger partial charge in [-0.3, -0.25) is 0 Å². The van der Waals surface area contributed by atoms with Crippen LogP contribution in [0.2, 0.25) is 0 Å². The molecule has 3 heteroatoms. The Morgan fingerprint density at radius 2 is 2.21 bits per heavy atom. The second-order valence-electron chi connectivity index (χ2n) is 3.05. The highest BCUT2D eigenvalue weighted by Crippen LogP contribution is 2.19. The van der Waals surface area contributed by atoms with Gasteiger partial charge in [0, 0.05) is 4.47 Å². The van der Waals surface area contributed by atoms with Crippen molar-refractivity contribution in [3.05, 3.63) is 33.8 Å². The van der Waals surface area contributed by atoms with Gasteiger partial charge < -0.3 is 4.74 Å². The minimum absolute atomic E-state index is 0.245. The summed E-state index contributed by atoms with van der Waals surface area (Å²) in [7, 11) is 0. The van der Waals surface area contributed by atoms with Crippen LogP contribution in [0.5, 0.6) is 0 Å². The molecule has 0 unspecified atom stereocenters. The molecule has 0 atom stereocenters. The van der Waals surface area contributed by atoms with Crippen LogP contribution in [-0.2, 0) is 4.74 Å². The summed E-state index contributed by atoms with van der Waals surface area (Å²) in [4.78, 5) is 11.5. The van der Waals surface area contributed by atoms with E-state index in [4.69, 9.17) is 4.74 Å². The Bertz CT molecular complexity index is 334. The molecule has 0 saturated heterocycles. The third-order valence-corrected chi connectivity index (χ3v) is 2.78. The molecule has 1 aromatic carbocycles. The molecule has 0 aromatic heterocycles. The van der Waals surface area contributed by atoms with Crippen molar-refractivity contribution in [2.45, 2.75) is 20.3 Å². The van der Waals surface area contributed by atoms with Crippen molar-refractivity contribution >= 4 is 21.9 Å². The summed E-state index contributed by atoms with van der Waals surface area (Å²) < 4.78 is 5.99. The van der Waals surface area contributed by atoms with Gasteiger partial charge in [0.15, 0.2) is 0 Å². The summed E-state index contributed by atoms with van der Waals surface area (Å²) in [5.74, 6) is -0.245. The highest BCUT2D eigenvalue weighted by Gasteiger charge is 2.10. The van der Waals surface area contributed by atoms with E-state index in [1.54, 1.807) is 6.07 Å². The molecule has 2 nitrogen and oxygen atoms in total. The average Bonchev–Trinajstić information content (AvgIpc) is 2.18. The summed E-state index contributed by atoms with van der Waals surface area (Å²) in [5.41, 5.74) is 1.56. The normalized spacial score (nSPS) is 9.93. The number of hydrogen-bond acceptors (Lipinski definition) is 2. The molecule has 1 rings (SSSR count). The zero-order valence-corrected chi connectivity index (χ0v) is 9.93. The molecule has 0 heterocycles. The van der Waals surface area contributed by atoms with Crippen molar-refractivity contribution in [3.8, 4) is 0 Å². The maximum atomic E-state index is 11.5. The van der Waals surface area contributed by atoms with E-state index in [0.717, 1.165) is 16.5 Å². The average molecular weight is 257 g/mol. The van der Waals surface area contributed by atoms with E-state index in [1.807, 2.05) is 26.0 Å². The highest BCUT2D eigenvalue weighted by atomic mass is 79.9. The van der Waals surface area contributed by atoms with Crippen molar-refractivity contribution < 1.29 is 9.53 Å². The van der Waals surface area contributed by atoms with Crippen molar-refractivity contribution in [2.24, 2.45) is 0 Å². The predicted molar refractivity (Wildman–Crippen MR) is 59.5 cm³/mol. The Morgan fingerprint density at radius 1 is 1.50 bits per heavy atom. The summed E-state index contributed by atoms with van der Waals surface area (Å²) >= 11 is 3.37. The molecule has 0 spiro atoms. The van der Waals surface area contributed by atoms with Gasteiger partial charge in [0.25, 0.3) is 0 Å². The van der Waals surface area contributed by atoms with Gasteiger partial charge in [0.05, 0.1) is 12.2 Å². The number of ether oxygens (including phenoxy) is 1. The molecule has 0 bridgehead atoms. The molecular weight excluding hydrogens is 244 g/mol. The maximum absolute atomic E-state index is 11.5. The number of halogens is 1. The van der Waals surface area contributed by atoms with Crippen molar-refractivity contribution in [2.75, 3.05) is 6.61 Å². The van der Waals surface area contributed by atoms with E-state index in [9.17, 15) is 4.79 Å². The molecule has 76 valence electrons. The Balaban J connectivity index is 2.84. The highest BCUT2D eigenvalue weighted by molar-refractivity contribution is 9.10. The number of rotatable bonds is 3. The third-order valence-electron chi connectivity index (χ3n) is 1.92. The molecule has 0 N–H and O–H groups in total. The van der Waals surface area contributed by atoms with Gasteiger partial charge in [-0.1, -0.05) is 28.9 Å². The Hall–Kier alpha value is -0.830. The molecule has 1 aromatic rings. The first-order valence-corrected chi connectivity index (χ1v) is 5.38. The van der Waals surface area contributed by atoms with E-state index in [2.05, 4.69) is 15.9 Å². The largest absolute Gasteiger partial charge is 0.462 e. The number of esters is 1. The summed E-state index contributed by atoms with van der Waals surface area (Å²) in [6, 6.07) is 5.52. The summed E-state index contributed by atoms with van der Waals surface area (Å²) in [6.45, 7) is 4.35. The lowest BCUT2D eigenvalue weighted by Crippen LogP contribution is -2.07. The van der Waals surface area contributed by atoms with Gasteiger partial charge in [-0.05, 0) is 31.0 Å². The SMILES string of the molecule is CCCOC(=O)c1cccc(Br)c1C. The fourth-order valence-corrected chi connectivity index (χ4v) is 1.47. The van der Waals surface area contributed by atoms with Gasteiger partial charge in [0.1, 0.15) is 0 Å². The van der Waals surface area contributed by atoms with Crippen LogP contribution < -0.4 is 0 Å². The van der Waals surface area contributed by atoms with E-state index in [0.29, 0.717) is 12.2 Å². The topological polar surface area (TPSA) is 26.3 Å². The van der Waals surface area contributed by atoms with Crippen LogP contribution in [0, 0.1) is 6.92 Å². The van der Waals surface area contributed by atoms with Crippen LogP contribution >= 0.6 is 15.9 Å². The monoisotopic (exact) mass is 256 g/mol. The van der Waals surface area contributed by atoms with Crippen molar-refractivity contribution in [1.82, 2.24) is 0 Å². The minimum Gasteiger partial charge on any atom is -0.462 e. The number of carbonyl (C=O) groups is 1. The fourth-order valence-electron chi connectivity index (χ4n) is 1.10. The zero-order valence-electron chi connectivity index (χ0n) is 8.34. The molecule has 0 aliphatic carbocycles. The lowest BCUT2D eigenvalue weighted by atomic mass is 10.1. The molecule has 0 saturated carbocycles. The van der Waals surface area contributed by atoms with Crippen molar-refractivity contribution in [1.29, 1.82) is 0 Å². The van der Waals surface area contributed by atoms with Crippen LogP contribution in [0.15, 0.2) is 22.7 Å². The summed E-state index contributed by atoms with van der Waals surface area (Å²) in [6.07, 6.45) is 0.846. The van der Waals surface area contributed by atoms with E-state index in [-0.39, 0.29) is 5.97 Å². The lowest BCUT2D eigenvalue weighted by molar-refractivity contribution is 0.0504. The quantitative estimate of drug-likeness (QED) is 0.776. The first-order valence-electron chi connectivity index (χ1n) is 4.59. The molecule has 0 aliphatic heterocycles. The summed E-state index contributed by atoms with van der Waals surface area (Å²) in [5, 5.41) is 0.